The molecule has 1 aliphatic carbocycles. The molecule has 0 spiro atoms. The quantitative estimate of drug-likeness (QED) is 0.145. The molecule has 3 heterocycles. The maximum Gasteiger partial charge on any atom is 0.413 e. The summed E-state index contributed by atoms with van der Waals surface area (Å²) >= 11 is 6.78. The van der Waals surface area contributed by atoms with Crippen LogP contribution in [0.2, 0.25) is 5.02 Å². The lowest BCUT2D eigenvalue weighted by Crippen LogP contribution is -2.52. The number of hydrogen-bond acceptors (Lipinski definition) is 7. The molecule has 12 heteroatoms. The number of H-pyrrole nitrogens is 1. The number of aromatic nitrogens is 3. The third-order valence-corrected chi connectivity index (χ3v) is 8.19. The Morgan fingerprint density at radius 1 is 1.21 bits per heavy atom. The van der Waals surface area contributed by atoms with E-state index in [4.69, 9.17) is 18.0 Å². The highest BCUT2D eigenvalue weighted by Gasteiger charge is 2.67. The fraction of sp³-hybridized carbons (Fsp3) is 0.355. The lowest BCUT2D eigenvalue weighted by Gasteiger charge is -2.28. The van der Waals surface area contributed by atoms with Crippen LogP contribution in [-0.2, 0) is 0 Å². The minimum absolute atomic E-state index is 0.0125. The number of aromatic amines is 1. The van der Waals surface area contributed by atoms with Crippen LogP contribution in [-0.4, -0.2) is 38.5 Å². The third kappa shape index (κ3) is 5.19. The molecule has 0 saturated heterocycles. The van der Waals surface area contributed by atoms with E-state index in [1.54, 1.807) is 12.3 Å². The first-order valence-corrected chi connectivity index (χ1v) is 14.3. The molecule has 1 aliphatic heterocycles. The van der Waals surface area contributed by atoms with E-state index in [0.29, 0.717) is 34.0 Å². The number of terminal acetylenes is 1. The topological polar surface area (TPSA) is 92.9 Å². The molecule has 224 valence electrons. The average Bonchev–Trinajstić information content (AvgIpc) is 3.49. The van der Waals surface area contributed by atoms with E-state index in [1.165, 1.54) is 6.20 Å². The van der Waals surface area contributed by atoms with Gasteiger partial charge in [0.05, 0.1) is 39.0 Å². The zero-order valence-electron chi connectivity index (χ0n) is 24.2. The van der Waals surface area contributed by atoms with Crippen LogP contribution in [0.15, 0.2) is 48.4 Å². The second-order valence-electron chi connectivity index (χ2n) is 12.3. The van der Waals surface area contributed by atoms with Gasteiger partial charge in [0.2, 0.25) is 0 Å². The zero-order valence-corrected chi connectivity index (χ0v) is 24.9. The summed E-state index contributed by atoms with van der Waals surface area (Å²) in [6.45, 7) is 8.91. The number of hydrogen-bond donors (Lipinski definition) is 5. The molecule has 2 aromatic heterocycles. The summed E-state index contributed by atoms with van der Waals surface area (Å²) in [5.41, 5.74) is 9.23. The van der Waals surface area contributed by atoms with E-state index in [-0.39, 0.29) is 18.3 Å². The molecule has 1 saturated carbocycles. The van der Waals surface area contributed by atoms with Crippen molar-refractivity contribution in [2.45, 2.75) is 58.3 Å². The summed E-state index contributed by atoms with van der Waals surface area (Å²) in [4.78, 5) is 4.52. The molecule has 6 rings (SSSR count). The summed E-state index contributed by atoms with van der Waals surface area (Å²) < 4.78 is 42.0. The van der Waals surface area contributed by atoms with Crippen LogP contribution in [0.5, 0.6) is 0 Å². The van der Waals surface area contributed by atoms with Crippen molar-refractivity contribution in [2.24, 2.45) is 5.41 Å². The number of aryl methyl sites for hydroxylation is 1. The van der Waals surface area contributed by atoms with E-state index in [0.717, 1.165) is 38.2 Å². The maximum atomic E-state index is 14.0. The highest BCUT2D eigenvalue weighted by atomic mass is 35.5. The van der Waals surface area contributed by atoms with Gasteiger partial charge in [-0.1, -0.05) is 50.4 Å². The number of nitrogens with zero attached hydrogens (tertiary/aromatic N) is 3. The molecule has 0 amide bonds. The Labute approximate surface area is 252 Å². The summed E-state index contributed by atoms with van der Waals surface area (Å²) in [5, 5.41) is 17.6. The van der Waals surface area contributed by atoms with Crippen molar-refractivity contribution in [3.05, 3.63) is 70.3 Å². The van der Waals surface area contributed by atoms with Crippen molar-refractivity contribution in [2.75, 3.05) is 17.2 Å². The third-order valence-electron chi connectivity index (χ3n) is 7.90. The molecule has 0 unspecified atom stereocenters. The fourth-order valence-corrected chi connectivity index (χ4v) is 5.74. The number of alkyl halides is 3. The van der Waals surface area contributed by atoms with Crippen LogP contribution in [0, 0.1) is 24.7 Å². The predicted molar refractivity (Wildman–Crippen MR) is 164 cm³/mol. The van der Waals surface area contributed by atoms with Crippen LogP contribution < -0.4 is 21.6 Å². The molecule has 1 atom stereocenters. The number of hydrazine groups is 2. The number of rotatable bonds is 7. The van der Waals surface area contributed by atoms with Gasteiger partial charge in [-0.2, -0.15) is 18.3 Å². The molecule has 0 radical (unpaired) electrons. The molecule has 2 aromatic carbocycles. The maximum absolute atomic E-state index is 14.0. The van der Waals surface area contributed by atoms with E-state index >= 15 is 0 Å². The molecule has 43 heavy (non-hydrogen) atoms. The summed E-state index contributed by atoms with van der Waals surface area (Å²) in [6, 6.07) is 8.75. The van der Waals surface area contributed by atoms with Gasteiger partial charge in [0.15, 0.2) is 5.54 Å². The Balaban J connectivity index is 1.47. The van der Waals surface area contributed by atoms with Gasteiger partial charge < -0.3 is 16.1 Å². The Bertz CT molecular complexity index is 1790. The van der Waals surface area contributed by atoms with E-state index < -0.39 is 17.8 Å². The summed E-state index contributed by atoms with van der Waals surface area (Å²) in [5.74, 6) is 2.71. The Morgan fingerprint density at radius 2 is 1.98 bits per heavy atom. The number of fused-ring (bicyclic) bond motifs is 2. The van der Waals surface area contributed by atoms with Crippen molar-refractivity contribution in [3.63, 3.8) is 0 Å². The largest absolute Gasteiger partial charge is 0.413 e. The first-order valence-electron chi connectivity index (χ1n) is 13.9. The van der Waals surface area contributed by atoms with Crippen molar-refractivity contribution in [1.82, 2.24) is 31.2 Å². The predicted octanol–water partition coefficient (Wildman–Crippen LogP) is 6.93. The number of nitrogens with one attached hydrogen (secondary N) is 5. The Kier molecular flexibility index (Phi) is 6.90. The number of anilines is 2. The molecule has 4 aromatic rings. The monoisotopic (exact) mass is 608 g/mol. The van der Waals surface area contributed by atoms with Crippen LogP contribution >= 0.6 is 11.6 Å². The van der Waals surface area contributed by atoms with Crippen molar-refractivity contribution in [3.8, 4) is 12.3 Å². The van der Waals surface area contributed by atoms with Gasteiger partial charge in [-0.15, -0.1) is 12.0 Å². The Hall–Kier alpha value is -4.14. The lowest BCUT2D eigenvalue weighted by molar-refractivity contribution is -0.195. The van der Waals surface area contributed by atoms with Gasteiger partial charge in [-0.3, -0.25) is 15.1 Å². The summed E-state index contributed by atoms with van der Waals surface area (Å²) in [7, 11) is 0. The molecule has 1 fully saturated rings. The Morgan fingerprint density at radius 3 is 2.65 bits per heavy atom. The molecule has 8 nitrogen and oxygen atoms in total. The minimum Gasteiger partial charge on any atom is -0.383 e. The van der Waals surface area contributed by atoms with Crippen LogP contribution in [0.4, 0.5) is 24.5 Å². The van der Waals surface area contributed by atoms with Crippen LogP contribution in [0.1, 0.15) is 56.5 Å². The minimum atomic E-state index is -4.39. The molecule has 2 aliphatic rings. The lowest BCUT2D eigenvalue weighted by atomic mass is 9.96. The first kappa shape index (κ1) is 29.0. The fourth-order valence-electron chi connectivity index (χ4n) is 5.47. The SMILES string of the molecule is C#Cc1cnc2c(Cl)cc(N[C@H](C3=CN(C4(C(F)(F)F)CC4)NN3)c3cccc4n[nH]c(C)c34)cc2c1NCC(C)(C)C. The second kappa shape index (κ2) is 10.2. The number of benzene rings is 2. The van der Waals surface area contributed by atoms with Gasteiger partial charge in [0.25, 0.3) is 0 Å². The van der Waals surface area contributed by atoms with E-state index in [1.807, 2.05) is 31.2 Å². The zero-order chi connectivity index (χ0) is 30.7. The van der Waals surface area contributed by atoms with Crippen molar-refractivity contribution in [1.29, 1.82) is 0 Å². The van der Waals surface area contributed by atoms with Crippen LogP contribution in [0.25, 0.3) is 21.8 Å². The number of halogens is 4. The molecular weight excluding hydrogens is 577 g/mol. The van der Waals surface area contributed by atoms with Gasteiger partial charge in [0, 0.05) is 41.1 Å². The first-order chi connectivity index (χ1) is 20.3. The van der Waals surface area contributed by atoms with Crippen molar-refractivity contribution >= 4 is 44.8 Å². The smallest absolute Gasteiger partial charge is 0.383 e. The number of pyridine rings is 1. The van der Waals surface area contributed by atoms with Gasteiger partial charge in [-0.05, 0) is 48.9 Å². The van der Waals surface area contributed by atoms with Gasteiger partial charge in [0.1, 0.15) is 0 Å². The standard InChI is InChI=1S/C31H32ClF3N8/c1-6-18-14-36-27-21(26(18)37-16-29(3,4)5)12-19(13-22(27)32)38-28(20-8-7-9-23-25(20)17(2)39-40-23)24-15-43(42-41-24)30(10-11-30)31(33,34)35/h1,7-9,12-15,28,38,41-42H,10-11,16H2,2-5H3,(H,36,37)(H,39,40)/t28-/m0/s1. The van der Waals surface area contributed by atoms with Gasteiger partial charge >= 0.3 is 6.18 Å². The highest BCUT2D eigenvalue weighted by molar-refractivity contribution is 6.35. The molecular formula is C31H32ClF3N8. The van der Waals surface area contributed by atoms with E-state index in [2.05, 4.69) is 63.5 Å². The van der Waals surface area contributed by atoms with E-state index in [9.17, 15) is 13.2 Å². The molecule has 0 bridgehead atoms. The van der Waals surface area contributed by atoms with Crippen LogP contribution in [0.3, 0.4) is 0 Å². The molecule has 5 N–H and O–H groups in total. The highest BCUT2D eigenvalue weighted by Crippen LogP contribution is 2.54. The van der Waals surface area contributed by atoms with Gasteiger partial charge in [-0.25, -0.2) is 0 Å². The second-order valence-corrected chi connectivity index (χ2v) is 12.8. The van der Waals surface area contributed by atoms with Crippen molar-refractivity contribution < 1.29 is 13.2 Å². The summed E-state index contributed by atoms with van der Waals surface area (Å²) in [6.07, 6.45) is 4.59. The average molecular weight is 609 g/mol. The normalized spacial score (nSPS) is 17.0.